The molecule has 0 atom stereocenters. The Bertz CT molecular complexity index is 465. The first-order valence-electron chi connectivity index (χ1n) is 5.34. The second kappa shape index (κ2) is 6.35. The molecule has 0 bridgehead atoms. The van der Waals surface area contributed by atoms with Crippen molar-refractivity contribution in [1.29, 1.82) is 0 Å². The standard InChI is InChI=1S/C12H13ClFNO3/c1-15(6-2-3-11(16)17)12(18)9-5-4-8(14)7-10(9)13/h4-5,7H,2-3,6H2,1H3,(H,16,17). The Balaban J connectivity index is 2.65. The minimum atomic E-state index is -0.907. The van der Waals surface area contributed by atoms with Crippen molar-refractivity contribution in [3.05, 3.63) is 34.6 Å². The van der Waals surface area contributed by atoms with Crippen molar-refractivity contribution < 1.29 is 19.1 Å². The Morgan fingerprint density at radius 2 is 2.11 bits per heavy atom. The van der Waals surface area contributed by atoms with Crippen LogP contribution in [0.25, 0.3) is 0 Å². The molecule has 0 aliphatic rings. The Morgan fingerprint density at radius 1 is 1.44 bits per heavy atom. The summed E-state index contributed by atoms with van der Waals surface area (Å²) in [5.41, 5.74) is 0.205. The SMILES string of the molecule is CN(CCCC(=O)O)C(=O)c1ccc(F)cc1Cl. The van der Waals surface area contributed by atoms with Crippen LogP contribution in [-0.4, -0.2) is 35.5 Å². The molecule has 98 valence electrons. The van der Waals surface area contributed by atoms with Gasteiger partial charge in [0, 0.05) is 20.0 Å². The summed E-state index contributed by atoms with van der Waals surface area (Å²) in [6.07, 6.45) is 0.352. The van der Waals surface area contributed by atoms with E-state index in [-0.39, 0.29) is 22.9 Å². The molecule has 1 N–H and O–H groups in total. The Labute approximate surface area is 109 Å². The fourth-order valence-electron chi connectivity index (χ4n) is 1.44. The van der Waals surface area contributed by atoms with Gasteiger partial charge in [-0.3, -0.25) is 9.59 Å². The van der Waals surface area contributed by atoms with Crippen molar-refractivity contribution in [3.63, 3.8) is 0 Å². The Morgan fingerprint density at radius 3 is 2.67 bits per heavy atom. The van der Waals surface area contributed by atoms with Gasteiger partial charge in [-0.15, -0.1) is 0 Å². The molecular formula is C12H13ClFNO3. The lowest BCUT2D eigenvalue weighted by molar-refractivity contribution is -0.137. The van der Waals surface area contributed by atoms with Crippen molar-refractivity contribution in [2.75, 3.05) is 13.6 Å². The number of aliphatic carboxylic acids is 1. The molecule has 1 amide bonds. The Hall–Kier alpha value is -1.62. The van der Waals surface area contributed by atoms with Crippen LogP contribution in [0.4, 0.5) is 4.39 Å². The first-order valence-corrected chi connectivity index (χ1v) is 5.72. The van der Waals surface area contributed by atoms with Gasteiger partial charge in [-0.1, -0.05) is 11.6 Å². The summed E-state index contributed by atoms with van der Waals surface area (Å²) < 4.78 is 12.8. The number of carbonyl (C=O) groups is 2. The van der Waals surface area contributed by atoms with Crippen LogP contribution in [0.15, 0.2) is 18.2 Å². The molecule has 18 heavy (non-hydrogen) atoms. The van der Waals surface area contributed by atoms with E-state index < -0.39 is 11.8 Å². The molecule has 0 fully saturated rings. The van der Waals surface area contributed by atoms with Crippen LogP contribution in [0.3, 0.4) is 0 Å². The topological polar surface area (TPSA) is 57.6 Å². The molecular weight excluding hydrogens is 261 g/mol. The largest absolute Gasteiger partial charge is 0.481 e. The first kappa shape index (κ1) is 14.4. The first-order chi connectivity index (χ1) is 8.41. The molecule has 0 radical (unpaired) electrons. The molecule has 4 nitrogen and oxygen atoms in total. The number of amides is 1. The number of carbonyl (C=O) groups excluding carboxylic acids is 1. The zero-order valence-corrected chi connectivity index (χ0v) is 10.6. The average Bonchev–Trinajstić information content (AvgIpc) is 2.27. The van der Waals surface area contributed by atoms with Crippen molar-refractivity contribution in [2.45, 2.75) is 12.8 Å². The highest BCUT2D eigenvalue weighted by Crippen LogP contribution is 2.18. The minimum absolute atomic E-state index is 0.00519. The van der Waals surface area contributed by atoms with E-state index >= 15 is 0 Å². The number of hydrogen-bond acceptors (Lipinski definition) is 2. The third kappa shape index (κ3) is 4.00. The highest BCUT2D eigenvalue weighted by Gasteiger charge is 2.15. The predicted octanol–water partition coefficient (Wildman–Crippen LogP) is 2.42. The van der Waals surface area contributed by atoms with E-state index in [9.17, 15) is 14.0 Å². The van der Waals surface area contributed by atoms with Gasteiger partial charge in [0.15, 0.2) is 0 Å². The van der Waals surface area contributed by atoms with Crippen LogP contribution in [-0.2, 0) is 4.79 Å². The van der Waals surface area contributed by atoms with Crippen molar-refractivity contribution in [1.82, 2.24) is 4.90 Å². The number of carboxylic acids is 1. The summed E-state index contributed by atoms with van der Waals surface area (Å²) in [6, 6.07) is 3.54. The van der Waals surface area contributed by atoms with Crippen molar-refractivity contribution >= 4 is 23.5 Å². The number of hydrogen-bond donors (Lipinski definition) is 1. The molecule has 6 heteroatoms. The number of carboxylic acid groups (broad SMARTS) is 1. The summed E-state index contributed by atoms with van der Waals surface area (Å²) in [7, 11) is 1.55. The molecule has 0 aliphatic carbocycles. The maximum Gasteiger partial charge on any atom is 0.303 e. The molecule has 0 aliphatic heterocycles. The van der Waals surface area contributed by atoms with Crippen LogP contribution < -0.4 is 0 Å². The van der Waals surface area contributed by atoms with E-state index in [1.54, 1.807) is 7.05 Å². The van der Waals surface area contributed by atoms with Crippen LogP contribution in [0, 0.1) is 5.82 Å². The van der Waals surface area contributed by atoms with E-state index in [0.29, 0.717) is 13.0 Å². The molecule has 1 rings (SSSR count). The second-order valence-corrected chi connectivity index (χ2v) is 4.26. The number of rotatable bonds is 5. The van der Waals surface area contributed by atoms with Crippen molar-refractivity contribution in [2.24, 2.45) is 0 Å². The van der Waals surface area contributed by atoms with E-state index in [1.807, 2.05) is 0 Å². The summed E-state index contributed by atoms with van der Waals surface area (Å²) in [5.74, 6) is -1.77. The van der Waals surface area contributed by atoms with Crippen LogP contribution in [0.1, 0.15) is 23.2 Å². The van der Waals surface area contributed by atoms with Gasteiger partial charge < -0.3 is 10.0 Å². The van der Waals surface area contributed by atoms with Gasteiger partial charge in [0.1, 0.15) is 5.82 Å². The van der Waals surface area contributed by atoms with Gasteiger partial charge in [-0.05, 0) is 24.6 Å². The third-order valence-electron chi connectivity index (χ3n) is 2.39. The van der Waals surface area contributed by atoms with Gasteiger partial charge in [0.05, 0.1) is 10.6 Å². The highest BCUT2D eigenvalue weighted by atomic mass is 35.5. The maximum absolute atomic E-state index is 12.8. The van der Waals surface area contributed by atoms with Crippen LogP contribution in [0.5, 0.6) is 0 Å². The van der Waals surface area contributed by atoms with Gasteiger partial charge in [0.2, 0.25) is 0 Å². The van der Waals surface area contributed by atoms with Gasteiger partial charge in [-0.2, -0.15) is 0 Å². The lowest BCUT2D eigenvalue weighted by atomic mass is 10.2. The Kier molecular flexibility index (Phi) is 5.09. The van der Waals surface area contributed by atoms with Gasteiger partial charge in [0.25, 0.3) is 5.91 Å². The number of nitrogens with zero attached hydrogens (tertiary/aromatic N) is 1. The second-order valence-electron chi connectivity index (χ2n) is 3.85. The number of benzene rings is 1. The zero-order valence-electron chi connectivity index (χ0n) is 9.82. The van der Waals surface area contributed by atoms with Gasteiger partial charge >= 0.3 is 5.97 Å². The fraction of sp³-hybridized carbons (Fsp3) is 0.333. The molecule has 0 aromatic heterocycles. The molecule has 0 spiro atoms. The normalized spacial score (nSPS) is 10.2. The van der Waals surface area contributed by atoms with E-state index in [0.717, 1.165) is 12.1 Å². The van der Waals surface area contributed by atoms with E-state index in [2.05, 4.69) is 0 Å². The summed E-state index contributed by atoms with van der Waals surface area (Å²) in [6.45, 7) is 0.304. The lowest BCUT2D eigenvalue weighted by Gasteiger charge is -2.17. The fourth-order valence-corrected chi connectivity index (χ4v) is 1.69. The minimum Gasteiger partial charge on any atom is -0.481 e. The molecule has 1 aromatic carbocycles. The summed E-state index contributed by atoms with van der Waals surface area (Å²) in [4.78, 5) is 23.6. The quantitative estimate of drug-likeness (QED) is 0.896. The third-order valence-corrected chi connectivity index (χ3v) is 2.71. The van der Waals surface area contributed by atoms with Crippen LogP contribution in [0.2, 0.25) is 5.02 Å². The molecule has 0 saturated carbocycles. The monoisotopic (exact) mass is 273 g/mol. The predicted molar refractivity (Wildman–Crippen MR) is 65.2 cm³/mol. The van der Waals surface area contributed by atoms with Gasteiger partial charge in [-0.25, -0.2) is 4.39 Å². The molecule has 1 aromatic rings. The molecule has 0 heterocycles. The molecule has 0 saturated heterocycles. The number of halogens is 2. The summed E-state index contributed by atoms with van der Waals surface area (Å²) in [5, 5.41) is 8.54. The molecule has 0 unspecified atom stereocenters. The van der Waals surface area contributed by atoms with E-state index in [1.165, 1.54) is 11.0 Å². The zero-order chi connectivity index (χ0) is 13.7. The van der Waals surface area contributed by atoms with Crippen molar-refractivity contribution in [3.8, 4) is 0 Å². The smallest absolute Gasteiger partial charge is 0.303 e. The highest BCUT2D eigenvalue weighted by molar-refractivity contribution is 6.33. The van der Waals surface area contributed by atoms with Crippen LogP contribution >= 0.6 is 11.6 Å². The maximum atomic E-state index is 12.8. The average molecular weight is 274 g/mol. The summed E-state index contributed by atoms with van der Waals surface area (Å²) >= 11 is 5.77. The van der Waals surface area contributed by atoms with E-state index in [4.69, 9.17) is 16.7 Å². The lowest BCUT2D eigenvalue weighted by Crippen LogP contribution is -2.28.